The Morgan fingerprint density at radius 1 is 1.15 bits per heavy atom. The van der Waals surface area contributed by atoms with Gasteiger partial charge in [0.1, 0.15) is 0 Å². The van der Waals surface area contributed by atoms with Gasteiger partial charge in [0, 0.05) is 32.2 Å². The number of hydrogen-bond acceptors (Lipinski definition) is 2. The molecule has 0 unspecified atom stereocenters. The molecule has 0 amide bonds. The Labute approximate surface area is 118 Å². The van der Waals surface area contributed by atoms with Gasteiger partial charge in [-0.2, -0.15) is 13.2 Å². The summed E-state index contributed by atoms with van der Waals surface area (Å²) in [5.74, 6) is 0. The largest absolute Gasteiger partial charge is 0.390 e. The van der Waals surface area contributed by atoms with Gasteiger partial charge in [-0.15, -0.1) is 0 Å². The van der Waals surface area contributed by atoms with Crippen molar-refractivity contribution in [3.8, 4) is 0 Å². The van der Waals surface area contributed by atoms with Crippen molar-refractivity contribution in [3.05, 3.63) is 34.9 Å². The Hall–Kier alpha value is -1.07. The lowest BCUT2D eigenvalue weighted by Crippen LogP contribution is -2.46. The van der Waals surface area contributed by atoms with E-state index in [0.717, 1.165) is 29.8 Å². The topological polar surface area (TPSA) is 15.3 Å². The van der Waals surface area contributed by atoms with Crippen LogP contribution in [-0.2, 0) is 0 Å². The van der Waals surface area contributed by atoms with Crippen LogP contribution in [0.1, 0.15) is 29.2 Å². The van der Waals surface area contributed by atoms with Crippen LogP contribution in [0.4, 0.5) is 13.2 Å². The van der Waals surface area contributed by atoms with Crippen molar-refractivity contribution in [2.24, 2.45) is 0 Å². The highest BCUT2D eigenvalue weighted by Crippen LogP contribution is 2.36. The molecule has 1 aromatic carbocycles. The number of hydrogen-bond donors (Lipinski definition) is 1. The van der Waals surface area contributed by atoms with Crippen LogP contribution >= 0.6 is 0 Å². The predicted octanol–water partition coefficient (Wildman–Crippen LogP) is 3.20. The second kappa shape index (κ2) is 6.14. The first-order chi connectivity index (χ1) is 9.38. The lowest BCUT2D eigenvalue weighted by molar-refractivity contribution is -0.148. The Balaban J connectivity index is 2.34. The minimum Gasteiger partial charge on any atom is -0.314 e. The number of nitrogens with one attached hydrogen (secondary N) is 1. The first-order valence-electron chi connectivity index (χ1n) is 6.96. The van der Waals surface area contributed by atoms with Gasteiger partial charge in [0.05, 0.1) is 6.42 Å². The van der Waals surface area contributed by atoms with E-state index in [1.165, 1.54) is 0 Å². The zero-order chi connectivity index (χ0) is 14.8. The Morgan fingerprint density at radius 2 is 1.70 bits per heavy atom. The number of aryl methyl sites for hydroxylation is 2. The molecule has 2 nitrogen and oxygen atoms in total. The van der Waals surface area contributed by atoms with Crippen LogP contribution in [0.25, 0.3) is 0 Å². The molecule has 1 heterocycles. The number of piperazine rings is 1. The van der Waals surface area contributed by atoms with Gasteiger partial charge in [0.15, 0.2) is 0 Å². The third kappa shape index (κ3) is 3.73. The molecule has 1 fully saturated rings. The number of benzene rings is 1. The molecule has 20 heavy (non-hydrogen) atoms. The van der Waals surface area contributed by atoms with E-state index in [2.05, 4.69) is 5.32 Å². The van der Waals surface area contributed by atoms with Crippen LogP contribution < -0.4 is 5.32 Å². The standard InChI is InChI=1S/C15H21F3N2/c1-11-4-3-5-12(2)14(11)13(10-15(16,17)18)20-8-6-19-7-9-20/h3-5,13,19H,6-10H2,1-2H3/t13-/m0/s1. The predicted molar refractivity (Wildman–Crippen MR) is 73.8 cm³/mol. The fraction of sp³-hybridized carbons (Fsp3) is 0.600. The van der Waals surface area contributed by atoms with Gasteiger partial charge in [0.2, 0.25) is 0 Å². The minimum atomic E-state index is -4.15. The quantitative estimate of drug-likeness (QED) is 0.918. The first kappa shape index (κ1) is 15.3. The molecule has 1 aliphatic heterocycles. The Morgan fingerprint density at radius 3 is 2.20 bits per heavy atom. The van der Waals surface area contributed by atoms with Crippen LogP contribution in [0.5, 0.6) is 0 Å². The monoisotopic (exact) mass is 286 g/mol. The summed E-state index contributed by atoms with van der Waals surface area (Å²) in [7, 11) is 0. The molecule has 0 saturated carbocycles. The number of halogens is 3. The van der Waals surface area contributed by atoms with E-state index in [9.17, 15) is 13.2 Å². The van der Waals surface area contributed by atoms with Crippen LogP contribution in [0.2, 0.25) is 0 Å². The fourth-order valence-electron chi connectivity index (χ4n) is 2.98. The van der Waals surface area contributed by atoms with E-state index in [1.54, 1.807) is 0 Å². The molecule has 112 valence electrons. The summed E-state index contributed by atoms with van der Waals surface area (Å²) in [5, 5.41) is 3.19. The van der Waals surface area contributed by atoms with Gasteiger partial charge in [-0.25, -0.2) is 0 Å². The van der Waals surface area contributed by atoms with Crippen molar-refractivity contribution in [3.63, 3.8) is 0 Å². The summed E-state index contributed by atoms with van der Waals surface area (Å²) < 4.78 is 38.9. The van der Waals surface area contributed by atoms with E-state index >= 15 is 0 Å². The van der Waals surface area contributed by atoms with Crippen molar-refractivity contribution in [1.82, 2.24) is 10.2 Å². The number of rotatable bonds is 3. The maximum atomic E-state index is 13.0. The van der Waals surface area contributed by atoms with Crippen molar-refractivity contribution in [2.75, 3.05) is 26.2 Å². The lowest BCUT2D eigenvalue weighted by atomic mass is 9.92. The van der Waals surface area contributed by atoms with Crippen LogP contribution in [0.15, 0.2) is 18.2 Å². The molecule has 1 aromatic rings. The SMILES string of the molecule is Cc1cccc(C)c1[C@H](CC(F)(F)F)N1CCNCC1. The average molecular weight is 286 g/mol. The molecule has 0 spiro atoms. The molecule has 1 N–H and O–H groups in total. The summed E-state index contributed by atoms with van der Waals surface area (Å²) in [6.45, 7) is 6.61. The fourth-order valence-corrected chi connectivity index (χ4v) is 2.98. The highest BCUT2D eigenvalue weighted by Gasteiger charge is 2.36. The van der Waals surface area contributed by atoms with Gasteiger partial charge in [-0.1, -0.05) is 18.2 Å². The van der Waals surface area contributed by atoms with Gasteiger partial charge in [-0.3, -0.25) is 4.90 Å². The van der Waals surface area contributed by atoms with Crippen molar-refractivity contribution in [2.45, 2.75) is 32.5 Å². The minimum absolute atomic E-state index is 0.571. The van der Waals surface area contributed by atoms with Crippen LogP contribution in [0.3, 0.4) is 0 Å². The summed E-state index contributed by atoms with van der Waals surface area (Å²) >= 11 is 0. The van der Waals surface area contributed by atoms with Crippen molar-refractivity contribution in [1.29, 1.82) is 0 Å². The molecule has 5 heteroatoms. The molecule has 0 aliphatic carbocycles. The van der Waals surface area contributed by atoms with E-state index < -0.39 is 18.6 Å². The smallest absolute Gasteiger partial charge is 0.314 e. The molecule has 1 aliphatic rings. The highest BCUT2D eigenvalue weighted by molar-refractivity contribution is 5.36. The van der Waals surface area contributed by atoms with Gasteiger partial charge >= 0.3 is 6.18 Å². The zero-order valence-corrected chi connectivity index (χ0v) is 11.9. The summed E-state index contributed by atoms with van der Waals surface area (Å²) in [4.78, 5) is 1.96. The summed E-state index contributed by atoms with van der Waals surface area (Å²) in [6.07, 6.45) is -4.93. The maximum Gasteiger partial charge on any atom is 0.390 e. The Bertz CT molecular complexity index is 431. The van der Waals surface area contributed by atoms with Crippen molar-refractivity contribution < 1.29 is 13.2 Å². The molecular formula is C15H21F3N2. The normalized spacial score (nSPS) is 19.1. The van der Waals surface area contributed by atoms with Gasteiger partial charge < -0.3 is 5.32 Å². The number of alkyl halides is 3. The second-order valence-corrected chi connectivity index (χ2v) is 5.43. The molecule has 0 aromatic heterocycles. The highest BCUT2D eigenvalue weighted by atomic mass is 19.4. The third-order valence-electron chi connectivity index (χ3n) is 3.89. The third-order valence-corrected chi connectivity index (χ3v) is 3.89. The molecular weight excluding hydrogens is 265 g/mol. The molecule has 2 rings (SSSR count). The van der Waals surface area contributed by atoms with E-state index in [0.29, 0.717) is 13.1 Å². The molecule has 1 saturated heterocycles. The first-order valence-corrected chi connectivity index (χ1v) is 6.96. The Kier molecular flexibility index (Phi) is 4.70. The zero-order valence-electron chi connectivity index (χ0n) is 11.9. The lowest BCUT2D eigenvalue weighted by Gasteiger charge is -2.37. The van der Waals surface area contributed by atoms with Crippen molar-refractivity contribution >= 4 is 0 Å². The second-order valence-electron chi connectivity index (χ2n) is 5.43. The van der Waals surface area contributed by atoms with Gasteiger partial charge in [-0.05, 0) is 30.5 Å². The molecule has 0 radical (unpaired) electrons. The number of nitrogens with zero attached hydrogens (tertiary/aromatic N) is 1. The molecule has 0 bridgehead atoms. The maximum absolute atomic E-state index is 13.0. The average Bonchev–Trinajstić information content (AvgIpc) is 2.37. The van der Waals surface area contributed by atoms with E-state index in [1.807, 2.05) is 36.9 Å². The van der Waals surface area contributed by atoms with Gasteiger partial charge in [0.25, 0.3) is 0 Å². The summed E-state index contributed by atoms with van der Waals surface area (Å²) in [5.41, 5.74) is 2.72. The molecule has 1 atom stereocenters. The van der Waals surface area contributed by atoms with Crippen LogP contribution in [0, 0.1) is 13.8 Å². The summed E-state index contributed by atoms with van der Waals surface area (Å²) in [6, 6.07) is 5.12. The van der Waals surface area contributed by atoms with E-state index in [4.69, 9.17) is 0 Å². The van der Waals surface area contributed by atoms with E-state index in [-0.39, 0.29) is 0 Å². The van der Waals surface area contributed by atoms with Crippen LogP contribution in [-0.4, -0.2) is 37.3 Å².